The summed E-state index contributed by atoms with van der Waals surface area (Å²) in [6, 6.07) is 9.94. The van der Waals surface area contributed by atoms with Crippen LogP contribution in [0.25, 0.3) is 0 Å². The Kier molecular flexibility index (Phi) is 4.07. The standard InChI is InChI=1S/C14H21NO2S/c1-3-18(16,17)15(12(2)14-9-10-14)11-13-7-5-4-6-8-13/h4-8,12,14H,3,9-11H2,1-2H3. The molecule has 0 spiro atoms. The van der Waals surface area contributed by atoms with Crippen LogP contribution in [0.3, 0.4) is 0 Å². The van der Waals surface area contributed by atoms with Crippen LogP contribution in [0, 0.1) is 5.92 Å². The second-order valence-corrected chi connectivity index (χ2v) is 7.22. The van der Waals surface area contributed by atoms with E-state index in [0.29, 0.717) is 12.5 Å². The lowest BCUT2D eigenvalue weighted by Gasteiger charge is -2.28. The van der Waals surface area contributed by atoms with Crippen molar-refractivity contribution in [3.8, 4) is 0 Å². The fourth-order valence-electron chi connectivity index (χ4n) is 2.24. The minimum absolute atomic E-state index is 0.121. The van der Waals surface area contributed by atoms with Crippen molar-refractivity contribution < 1.29 is 8.42 Å². The molecule has 3 nitrogen and oxygen atoms in total. The molecule has 0 saturated heterocycles. The average molecular weight is 267 g/mol. The molecule has 1 aliphatic carbocycles. The molecule has 0 aliphatic heterocycles. The van der Waals surface area contributed by atoms with Crippen LogP contribution in [-0.2, 0) is 16.6 Å². The van der Waals surface area contributed by atoms with Gasteiger partial charge in [-0.3, -0.25) is 0 Å². The first-order chi connectivity index (χ1) is 8.54. The third-order valence-corrected chi connectivity index (χ3v) is 5.57. The molecule has 0 N–H and O–H groups in total. The minimum Gasteiger partial charge on any atom is -0.212 e. The highest BCUT2D eigenvalue weighted by Gasteiger charge is 2.36. The molecule has 100 valence electrons. The van der Waals surface area contributed by atoms with Gasteiger partial charge in [0.1, 0.15) is 0 Å². The van der Waals surface area contributed by atoms with Crippen LogP contribution in [0.15, 0.2) is 30.3 Å². The van der Waals surface area contributed by atoms with Gasteiger partial charge in [0.15, 0.2) is 0 Å². The topological polar surface area (TPSA) is 37.4 Å². The summed E-state index contributed by atoms with van der Waals surface area (Å²) in [5.41, 5.74) is 1.06. The van der Waals surface area contributed by atoms with Gasteiger partial charge < -0.3 is 0 Å². The Morgan fingerprint density at radius 1 is 1.28 bits per heavy atom. The minimum atomic E-state index is -3.13. The highest BCUT2D eigenvalue weighted by Crippen LogP contribution is 2.36. The summed E-state index contributed by atoms with van der Waals surface area (Å²) in [6.07, 6.45) is 2.32. The van der Waals surface area contributed by atoms with Gasteiger partial charge in [-0.15, -0.1) is 0 Å². The summed E-state index contributed by atoms with van der Waals surface area (Å²) in [5.74, 6) is 0.728. The first-order valence-electron chi connectivity index (χ1n) is 6.58. The molecule has 1 aromatic rings. The van der Waals surface area contributed by atoms with Gasteiger partial charge in [0.2, 0.25) is 10.0 Å². The van der Waals surface area contributed by atoms with Gasteiger partial charge in [0.05, 0.1) is 5.75 Å². The number of nitrogens with zero attached hydrogens (tertiary/aromatic N) is 1. The predicted octanol–water partition coefficient (Wildman–Crippen LogP) is 2.64. The van der Waals surface area contributed by atoms with Gasteiger partial charge in [0, 0.05) is 12.6 Å². The predicted molar refractivity (Wildman–Crippen MR) is 73.6 cm³/mol. The zero-order valence-corrected chi connectivity index (χ0v) is 11.9. The van der Waals surface area contributed by atoms with Crippen LogP contribution in [0.5, 0.6) is 0 Å². The fraction of sp³-hybridized carbons (Fsp3) is 0.571. The maximum Gasteiger partial charge on any atom is 0.214 e. The molecular formula is C14H21NO2S. The van der Waals surface area contributed by atoms with E-state index >= 15 is 0 Å². The molecule has 1 fully saturated rings. The van der Waals surface area contributed by atoms with Gasteiger partial charge in [-0.1, -0.05) is 30.3 Å². The largest absolute Gasteiger partial charge is 0.214 e. The van der Waals surface area contributed by atoms with Gasteiger partial charge >= 0.3 is 0 Å². The van der Waals surface area contributed by atoms with E-state index in [4.69, 9.17) is 0 Å². The third-order valence-electron chi connectivity index (χ3n) is 3.66. The van der Waals surface area contributed by atoms with Crippen molar-refractivity contribution in [3.05, 3.63) is 35.9 Å². The molecular weight excluding hydrogens is 246 g/mol. The van der Waals surface area contributed by atoms with Crippen LogP contribution < -0.4 is 0 Å². The van der Waals surface area contributed by atoms with Crippen LogP contribution in [0.2, 0.25) is 0 Å². The molecule has 0 aromatic heterocycles. The molecule has 1 saturated carbocycles. The molecule has 0 bridgehead atoms. The second-order valence-electron chi connectivity index (χ2n) is 5.01. The Morgan fingerprint density at radius 3 is 2.39 bits per heavy atom. The average Bonchev–Trinajstić information content (AvgIpc) is 3.20. The van der Waals surface area contributed by atoms with E-state index in [1.54, 1.807) is 11.2 Å². The molecule has 0 heterocycles. The Balaban J connectivity index is 2.19. The van der Waals surface area contributed by atoms with Crippen molar-refractivity contribution in [2.24, 2.45) is 5.92 Å². The van der Waals surface area contributed by atoms with Crippen LogP contribution in [0.1, 0.15) is 32.3 Å². The maximum atomic E-state index is 12.2. The van der Waals surface area contributed by atoms with Crippen LogP contribution >= 0.6 is 0 Å². The molecule has 1 aliphatic rings. The number of hydrogen-bond donors (Lipinski definition) is 0. The maximum absolute atomic E-state index is 12.2. The summed E-state index contributed by atoms with van der Waals surface area (Å²) in [5, 5.41) is 0. The first kappa shape index (κ1) is 13.6. The quantitative estimate of drug-likeness (QED) is 0.794. The summed E-state index contributed by atoms with van der Waals surface area (Å²) in [4.78, 5) is 0. The Hall–Kier alpha value is -0.870. The van der Waals surface area contributed by atoms with Crippen molar-refractivity contribution in [2.45, 2.75) is 39.3 Å². The van der Waals surface area contributed by atoms with E-state index in [-0.39, 0.29) is 11.8 Å². The summed E-state index contributed by atoms with van der Waals surface area (Å²) < 4.78 is 26.1. The first-order valence-corrected chi connectivity index (χ1v) is 8.19. The zero-order valence-electron chi connectivity index (χ0n) is 11.0. The second kappa shape index (κ2) is 5.41. The monoisotopic (exact) mass is 267 g/mol. The van der Waals surface area contributed by atoms with Crippen molar-refractivity contribution in [1.29, 1.82) is 0 Å². The highest BCUT2D eigenvalue weighted by atomic mass is 32.2. The third kappa shape index (κ3) is 3.12. The van der Waals surface area contributed by atoms with E-state index in [2.05, 4.69) is 0 Å². The zero-order chi connectivity index (χ0) is 13.2. The number of hydrogen-bond acceptors (Lipinski definition) is 2. The highest BCUT2D eigenvalue weighted by molar-refractivity contribution is 7.89. The van der Waals surface area contributed by atoms with E-state index in [0.717, 1.165) is 18.4 Å². The number of rotatable bonds is 6. The van der Waals surface area contributed by atoms with E-state index < -0.39 is 10.0 Å². The molecule has 18 heavy (non-hydrogen) atoms. The molecule has 0 radical (unpaired) electrons. The molecule has 0 amide bonds. The Morgan fingerprint density at radius 2 is 1.89 bits per heavy atom. The van der Waals surface area contributed by atoms with Crippen molar-refractivity contribution >= 4 is 10.0 Å². The van der Waals surface area contributed by atoms with Gasteiger partial charge in [0.25, 0.3) is 0 Å². The van der Waals surface area contributed by atoms with Gasteiger partial charge in [-0.25, -0.2) is 8.42 Å². The van der Waals surface area contributed by atoms with E-state index in [1.807, 2.05) is 37.3 Å². The molecule has 2 rings (SSSR count). The van der Waals surface area contributed by atoms with Crippen molar-refractivity contribution in [2.75, 3.05) is 5.75 Å². The molecule has 1 unspecified atom stereocenters. The fourth-order valence-corrected chi connectivity index (χ4v) is 3.59. The Bertz CT molecular complexity index is 480. The number of benzene rings is 1. The lowest BCUT2D eigenvalue weighted by molar-refractivity contribution is 0.303. The lowest BCUT2D eigenvalue weighted by Crippen LogP contribution is -2.40. The SMILES string of the molecule is CCS(=O)(=O)N(Cc1ccccc1)C(C)C1CC1. The summed E-state index contributed by atoms with van der Waals surface area (Å²) in [7, 11) is -3.13. The normalized spacial score (nSPS) is 17.9. The van der Waals surface area contributed by atoms with E-state index in [1.165, 1.54) is 0 Å². The molecule has 1 aromatic carbocycles. The van der Waals surface area contributed by atoms with E-state index in [9.17, 15) is 8.42 Å². The number of sulfonamides is 1. The summed E-state index contributed by atoms with van der Waals surface area (Å²) >= 11 is 0. The molecule has 1 atom stereocenters. The Labute approximate surface area is 110 Å². The smallest absolute Gasteiger partial charge is 0.212 e. The van der Waals surface area contributed by atoms with Crippen LogP contribution in [-0.4, -0.2) is 24.5 Å². The van der Waals surface area contributed by atoms with Gasteiger partial charge in [-0.2, -0.15) is 4.31 Å². The van der Waals surface area contributed by atoms with Crippen molar-refractivity contribution in [3.63, 3.8) is 0 Å². The summed E-state index contributed by atoms with van der Waals surface area (Å²) in [6.45, 7) is 4.25. The molecule has 4 heteroatoms. The van der Waals surface area contributed by atoms with Crippen LogP contribution in [0.4, 0.5) is 0 Å². The van der Waals surface area contributed by atoms with Crippen molar-refractivity contribution in [1.82, 2.24) is 4.31 Å². The van der Waals surface area contributed by atoms with Gasteiger partial charge in [-0.05, 0) is 38.2 Å². The lowest BCUT2D eigenvalue weighted by atomic mass is 10.2.